The van der Waals surface area contributed by atoms with E-state index in [0.717, 1.165) is 42.5 Å². The summed E-state index contributed by atoms with van der Waals surface area (Å²) in [5.74, 6) is -0.265. The van der Waals surface area contributed by atoms with Crippen molar-refractivity contribution in [1.82, 2.24) is 19.7 Å². The molecule has 8 nitrogen and oxygen atoms in total. The van der Waals surface area contributed by atoms with Gasteiger partial charge in [-0.15, -0.1) is 0 Å². The van der Waals surface area contributed by atoms with Crippen LogP contribution in [-0.4, -0.2) is 63.7 Å². The van der Waals surface area contributed by atoms with Crippen LogP contribution in [-0.2, 0) is 24.8 Å². The molecule has 1 aromatic heterocycles. The lowest BCUT2D eigenvalue weighted by Crippen LogP contribution is -2.47. The molecule has 37 heavy (non-hydrogen) atoms. The number of carboxylic acid groups (broad SMARTS) is 1. The number of aryl methyl sites for hydroxylation is 1. The number of halogens is 2. The highest BCUT2D eigenvalue weighted by Crippen LogP contribution is 2.37. The van der Waals surface area contributed by atoms with E-state index in [4.69, 9.17) is 23.2 Å². The van der Waals surface area contributed by atoms with E-state index in [9.17, 15) is 19.5 Å². The van der Waals surface area contributed by atoms with Gasteiger partial charge in [0.2, 0.25) is 5.91 Å². The Labute approximate surface area is 227 Å². The summed E-state index contributed by atoms with van der Waals surface area (Å²) < 4.78 is 1.53. The van der Waals surface area contributed by atoms with Gasteiger partial charge in [0, 0.05) is 51.5 Å². The van der Waals surface area contributed by atoms with Crippen LogP contribution in [0.15, 0.2) is 35.3 Å². The van der Waals surface area contributed by atoms with Crippen molar-refractivity contribution in [3.8, 4) is 0 Å². The monoisotopic (exact) mass is 548 g/mol. The number of likely N-dealkylation sites (N-methyl/N-ethyl adjacent to an activating group) is 1. The zero-order valence-electron chi connectivity index (χ0n) is 21.3. The zero-order valence-corrected chi connectivity index (χ0v) is 22.8. The summed E-state index contributed by atoms with van der Waals surface area (Å²) in [5.41, 5.74) is 2.46. The number of amides is 2. The number of hydrogen-bond acceptors (Lipinski definition) is 4. The molecule has 1 aromatic carbocycles. The van der Waals surface area contributed by atoms with Crippen LogP contribution in [0.1, 0.15) is 48.8 Å². The standard InChI is InChI=1S/C27H34Cl2N4O4/c1-3-32(27(36)37)11-7-17-12-19(25(29)23(28)13-17)16-33(20-4-5-20)26(35)22-15-30-9-6-21(22)18-8-10-31(2)24(34)14-18/h8,10,12-14,20-22,30H,3-7,9,11,15-16H2,1-2H3,(H,36,37)/t21-,22+/m1/s1. The summed E-state index contributed by atoms with van der Waals surface area (Å²) in [7, 11) is 1.72. The molecule has 2 atom stereocenters. The minimum atomic E-state index is -0.958. The number of rotatable bonds is 9. The maximum atomic E-state index is 14.0. The van der Waals surface area contributed by atoms with Crippen molar-refractivity contribution in [2.45, 2.75) is 51.1 Å². The van der Waals surface area contributed by atoms with Gasteiger partial charge in [-0.25, -0.2) is 4.79 Å². The third-order valence-corrected chi connectivity index (χ3v) is 8.29. The van der Waals surface area contributed by atoms with Crippen molar-refractivity contribution in [1.29, 1.82) is 0 Å². The predicted octanol–water partition coefficient (Wildman–Crippen LogP) is 4.12. The van der Waals surface area contributed by atoms with Gasteiger partial charge in [-0.3, -0.25) is 9.59 Å². The summed E-state index contributed by atoms with van der Waals surface area (Å²) >= 11 is 13.1. The largest absolute Gasteiger partial charge is 0.465 e. The first-order valence-corrected chi connectivity index (χ1v) is 13.6. The quantitative estimate of drug-likeness (QED) is 0.491. The highest BCUT2D eigenvalue weighted by atomic mass is 35.5. The lowest BCUT2D eigenvalue weighted by molar-refractivity contribution is -0.138. The van der Waals surface area contributed by atoms with E-state index >= 15 is 0 Å². The van der Waals surface area contributed by atoms with Gasteiger partial charge in [0.15, 0.2) is 0 Å². The lowest BCUT2D eigenvalue weighted by atomic mass is 9.80. The van der Waals surface area contributed by atoms with Crippen LogP contribution in [0.3, 0.4) is 0 Å². The first-order chi connectivity index (χ1) is 17.7. The van der Waals surface area contributed by atoms with E-state index in [1.54, 1.807) is 32.3 Å². The molecule has 2 N–H and O–H groups in total. The molecular formula is C27H34Cl2N4O4. The summed E-state index contributed by atoms with van der Waals surface area (Å²) in [6.07, 6.45) is 3.97. The molecule has 10 heteroatoms. The fourth-order valence-corrected chi connectivity index (χ4v) is 5.53. The minimum absolute atomic E-state index is 0.0367. The normalized spacial score (nSPS) is 19.5. The number of aromatic nitrogens is 1. The number of carbonyl (C=O) groups is 2. The Bertz CT molecular complexity index is 1210. The van der Waals surface area contributed by atoms with Gasteiger partial charge >= 0.3 is 6.09 Å². The van der Waals surface area contributed by atoms with Crippen molar-refractivity contribution in [3.63, 3.8) is 0 Å². The maximum Gasteiger partial charge on any atom is 0.407 e. The molecule has 2 amide bonds. The second-order valence-corrected chi connectivity index (χ2v) is 10.8. The maximum absolute atomic E-state index is 14.0. The molecule has 1 saturated heterocycles. The van der Waals surface area contributed by atoms with E-state index < -0.39 is 6.09 Å². The molecule has 0 unspecified atom stereocenters. The third-order valence-electron chi connectivity index (χ3n) is 7.45. The Kier molecular flexibility index (Phi) is 8.82. The Hall–Kier alpha value is -2.55. The number of piperidine rings is 1. The van der Waals surface area contributed by atoms with Crippen molar-refractivity contribution in [3.05, 3.63) is 67.6 Å². The Morgan fingerprint density at radius 2 is 1.95 bits per heavy atom. The second-order valence-electron chi connectivity index (χ2n) is 9.98. The average Bonchev–Trinajstić information content (AvgIpc) is 3.72. The molecule has 0 radical (unpaired) electrons. The van der Waals surface area contributed by atoms with Crippen molar-refractivity contribution < 1.29 is 14.7 Å². The zero-order chi connectivity index (χ0) is 26.7. The lowest BCUT2D eigenvalue weighted by Gasteiger charge is -2.36. The van der Waals surface area contributed by atoms with E-state index in [-0.39, 0.29) is 29.3 Å². The van der Waals surface area contributed by atoms with E-state index in [2.05, 4.69) is 5.32 Å². The Balaban J connectivity index is 1.56. The first-order valence-electron chi connectivity index (χ1n) is 12.8. The van der Waals surface area contributed by atoms with Crippen LogP contribution < -0.4 is 10.9 Å². The van der Waals surface area contributed by atoms with Gasteiger partial charge in [0.25, 0.3) is 5.56 Å². The minimum Gasteiger partial charge on any atom is -0.465 e. The molecule has 2 aliphatic rings. The fourth-order valence-electron chi connectivity index (χ4n) is 5.10. The van der Waals surface area contributed by atoms with Crippen LogP contribution in [0, 0.1) is 5.92 Å². The van der Waals surface area contributed by atoms with Crippen LogP contribution in [0.2, 0.25) is 10.0 Å². The van der Waals surface area contributed by atoms with Crippen LogP contribution in [0.4, 0.5) is 4.79 Å². The van der Waals surface area contributed by atoms with Gasteiger partial charge in [-0.2, -0.15) is 0 Å². The Morgan fingerprint density at radius 1 is 1.19 bits per heavy atom. The second kappa shape index (κ2) is 11.9. The van der Waals surface area contributed by atoms with Gasteiger partial charge in [0.1, 0.15) is 0 Å². The molecule has 1 saturated carbocycles. The number of hydrogen-bond donors (Lipinski definition) is 2. The number of pyridine rings is 1. The number of nitrogens with one attached hydrogen (secondary N) is 1. The van der Waals surface area contributed by atoms with E-state index in [0.29, 0.717) is 42.6 Å². The van der Waals surface area contributed by atoms with Crippen LogP contribution in [0.5, 0.6) is 0 Å². The molecule has 1 aliphatic heterocycles. The smallest absolute Gasteiger partial charge is 0.407 e. The van der Waals surface area contributed by atoms with E-state index in [1.807, 2.05) is 17.0 Å². The highest BCUT2D eigenvalue weighted by molar-refractivity contribution is 6.42. The summed E-state index contributed by atoms with van der Waals surface area (Å²) in [4.78, 5) is 40.9. The van der Waals surface area contributed by atoms with Gasteiger partial charge in [-0.1, -0.05) is 29.3 Å². The number of nitrogens with zero attached hydrogens (tertiary/aromatic N) is 3. The molecular weight excluding hydrogens is 515 g/mol. The summed E-state index contributed by atoms with van der Waals surface area (Å²) in [6.45, 7) is 4.23. The van der Waals surface area contributed by atoms with Gasteiger partial charge < -0.3 is 24.8 Å². The fraction of sp³-hybridized carbons (Fsp3) is 0.519. The predicted molar refractivity (Wildman–Crippen MR) is 144 cm³/mol. The number of carbonyl (C=O) groups excluding carboxylic acids is 1. The topological polar surface area (TPSA) is 94.9 Å². The molecule has 2 fully saturated rings. The summed E-state index contributed by atoms with van der Waals surface area (Å²) in [6, 6.07) is 7.44. The van der Waals surface area contributed by atoms with Crippen molar-refractivity contribution in [2.75, 3.05) is 26.2 Å². The van der Waals surface area contributed by atoms with Gasteiger partial charge in [0.05, 0.1) is 16.0 Å². The third kappa shape index (κ3) is 6.48. The average molecular weight is 549 g/mol. The summed E-state index contributed by atoms with van der Waals surface area (Å²) in [5, 5.41) is 13.5. The molecule has 0 bridgehead atoms. The molecule has 200 valence electrons. The van der Waals surface area contributed by atoms with Crippen molar-refractivity contribution >= 4 is 35.2 Å². The number of benzene rings is 1. The van der Waals surface area contributed by atoms with E-state index in [1.165, 1.54) is 9.47 Å². The molecule has 4 rings (SSSR count). The van der Waals surface area contributed by atoms with Crippen LogP contribution in [0.25, 0.3) is 0 Å². The molecule has 2 heterocycles. The molecule has 2 aromatic rings. The Morgan fingerprint density at radius 3 is 2.59 bits per heavy atom. The van der Waals surface area contributed by atoms with Gasteiger partial charge in [-0.05, 0) is 73.9 Å². The molecule has 0 spiro atoms. The highest BCUT2D eigenvalue weighted by Gasteiger charge is 2.40. The molecule has 1 aliphatic carbocycles. The SMILES string of the molecule is CCN(CCc1cc(Cl)c(Cl)c(CN(C(=O)[C@H]2CNCC[C@@H]2c2ccn(C)c(=O)c2)C2CC2)c1)C(=O)O. The van der Waals surface area contributed by atoms with Crippen LogP contribution >= 0.6 is 23.2 Å². The first kappa shape index (κ1) is 27.5. The van der Waals surface area contributed by atoms with Crippen molar-refractivity contribution in [2.24, 2.45) is 13.0 Å².